The Kier molecular flexibility index (Phi) is 3.40. The Morgan fingerprint density at radius 2 is 2.00 bits per heavy atom. The number of carbonyl (C=O) groups is 1. The van der Waals surface area contributed by atoms with Gasteiger partial charge in [-0.15, -0.1) is 0 Å². The lowest BCUT2D eigenvalue weighted by Crippen LogP contribution is -2.16. The number of hydrogen-bond donors (Lipinski definition) is 3. The van der Waals surface area contributed by atoms with Gasteiger partial charge in [0.05, 0.1) is 4.47 Å². The van der Waals surface area contributed by atoms with E-state index in [0.29, 0.717) is 10.9 Å². The number of hydrogen-bond acceptors (Lipinski definition) is 3. The van der Waals surface area contributed by atoms with Crippen LogP contribution in [-0.4, -0.2) is 21.3 Å². The molecule has 1 aromatic carbocycles. The summed E-state index contributed by atoms with van der Waals surface area (Å²) >= 11 is 3.19. The number of carboxylic acid groups (broad SMARTS) is 1. The Bertz CT molecular complexity index is 470. The molecule has 4 nitrogen and oxygen atoms in total. The van der Waals surface area contributed by atoms with Gasteiger partial charge in [-0.2, -0.15) is 0 Å². The van der Waals surface area contributed by atoms with Crippen molar-refractivity contribution in [3.63, 3.8) is 0 Å². The predicted octanol–water partition coefficient (Wildman–Crippen LogP) is 2.15. The number of carboxylic acids is 1. The predicted molar refractivity (Wildman–Crippen MR) is 65.0 cm³/mol. The molecule has 1 aliphatic carbocycles. The molecular formula is C12H13BrO4. The molecule has 5 heteroatoms. The molecular weight excluding hydrogens is 288 g/mol. The number of fused-ring (bicyclic) bond motifs is 1. The van der Waals surface area contributed by atoms with Crippen LogP contribution in [0.2, 0.25) is 0 Å². The maximum absolute atomic E-state index is 10.9. The van der Waals surface area contributed by atoms with E-state index >= 15 is 0 Å². The smallest absolute Gasteiger partial charge is 0.337 e. The van der Waals surface area contributed by atoms with Gasteiger partial charge in [-0.05, 0) is 58.8 Å². The zero-order chi connectivity index (χ0) is 12.6. The van der Waals surface area contributed by atoms with Gasteiger partial charge in [0, 0.05) is 5.56 Å². The third-order valence-electron chi connectivity index (χ3n) is 3.13. The van der Waals surface area contributed by atoms with Gasteiger partial charge in [0.25, 0.3) is 0 Å². The number of aliphatic hydroxyl groups is 1. The van der Waals surface area contributed by atoms with E-state index in [-0.39, 0.29) is 11.3 Å². The molecule has 0 bridgehead atoms. The Morgan fingerprint density at radius 1 is 1.35 bits per heavy atom. The van der Waals surface area contributed by atoms with Gasteiger partial charge in [-0.1, -0.05) is 0 Å². The molecule has 1 aromatic rings. The number of halogens is 1. The van der Waals surface area contributed by atoms with Crippen LogP contribution in [0.5, 0.6) is 5.75 Å². The van der Waals surface area contributed by atoms with Gasteiger partial charge in [0.1, 0.15) is 5.75 Å². The van der Waals surface area contributed by atoms with E-state index in [1.165, 1.54) is 0 Å². The van der Waals surface area contributed by atoms with Crippen LogP contribution in [0.25, 0.3) is 0 Å². The second kappa shape index (κ2) is 4.66. The van der Waals surface area contributed by atoms with Gasteiger partial charge in [-0.25, -0.2) is 4.79 Å². The largest absolute Gasteiger partial charge is 0.506 e. The monoisotopic (exact) mass is 300 g/mol. The summed E-state index contributed by atoms with van der Waals surface area (Å²) in [6.07, 6.45) is 1.89. The summed E-state index contributed by atoms with van der Waals surface area (Å²) in [7, 11) is 0. The van der Waals surface area contributed by atoms with E-state index in [4.69, 9.17) is 5.11 Å². The first kappa shape index (κ1) is 12.4. The molecule has 92 valence electrons. The molecule has 1 unspecified atom stereocenters. The average Bonchev–Trinajstić information content (AvgIpc) is 2.30. The average molecular weight is 301 g/mol. The molecule has 0 aliphatic heterocycles. The molecule has 0 fully saturated rings. The van der Waals surface area contributed by atoms with Gasteiger partial charge in [0.15, 0.2) is 6.10 Å². The number of benzene rings is 1. The van der Waals surface area contributed by atoms with Crippen molar-refractivity contribution in [1.82, 2.24) is 0 Å². The Morgan fingerprint density at radius 3 is 2.65 bits per heavy atom. The Balaban J connectivity index is 2.62. The summed E-state index contributed by atoms with van der Waals surface area (Å²) < 4.78 is 0.438. The van der Waals surface area contributed by atoms with Gasteiger partial charge >= 0.3 is 5.97 Å². The molecule has 0 saturated heterocycles. The number of phenols is 1. The van der Waals surface area contributed by atoms with E-state index in [1.54, 1.807) is 0 Å². The summed E-state index contributed by atoms with van der Waals surface area (Å²) in [5.74, 6) is -1.51. The quantitative estimate of drug-likeness (QED) is 0.782. The molecule has 1 aliphatic rings. The molecule has 3 N–H and O–H groups in total. The van der Waals surface area contributed by atoms with Crippen molar-refractivity contribution in [3.8, 4) is 5.75 Å². The zero-order valence-electron chi connectivity index (χ0n) is 9.11. The van der Waals surface area contributed by atoms with E-state index in [2.05, 4.69) is 15.9 Å². The van der Waals surface area contributed by atoms with Gasteiger partial charge in [-0.3, -0.25) is 0 Å². The minimum atomic E-state index is -1.67. The van der Waals surface area contributed by atoms with E-state index in [9.17, 15) is 15.0 Å². The molecule has 0 heterocycles. The topological polar surface area (TPSA) is 77.8 Å². The van der Waals surface area contributed by atoms with Crippen LogP contribution in [0, 0.1) is 0 Å². The van der Waals surface area contributed by atoms with Gasteiger partial charge in [0.2, 0.25) is 0 Å². The van der Waals surface area contributed by atoms with Crippen LogP contribution >= 0.6 is 15.9 Å². The lowest BCUT2D eigenvalue weighted by atomic mass is 9.86. The van der Waals surface area contributed by atoms with Crippen molar-refractivity contribution >= 4 is 21.9 Å². The van der Waals surface area contributed by atoms with Crippen LogP contribution in [-0.2, 0) is 17.6 Å². The van der Waals surface area contributed by atoms with Crippen LogP contribution in [0.1, 0.15) is 35.6 Å². The van der Waals surface area contributed by atoms with Crippen molar-refractivity contribution < 1.29 is 20.1 Å². The molecule has 0 aromatic heterocycles. The highest BCUT2D eigenvalue weighted by Crippen LogP contribution is 2.39. The molecule has 0 amide bonds. The first-order chi connectivity index (χ1) is 8.02. The molecule has 0 saturated carbocycles. The maximum atomic E-state index is 10.9. The first-order valence-electron chi connectivity index (χ1n) is 5.46. The number of aliphatic hydroxyl groups excluding tert-OH is 1. The number of aromatic hydroxyl groups is 1. The molecule has 2 rings (SSSR count). The van der Waals surface area contributed by atoms with Crippen molar-refractivity contribution in [2.45, 2.75) is 31.8 Å². The number of aliphatic carboxylic acids is 1. The standard InChI is InChI=1S/C12H13BrO4/c13-8-5-6-3-1-2-4-7(6)9(10(8)14)11(15)12(16)17/h5,11,14-15H,1-4H2,(H,16,17). The lowest BCUT2D eigenvalue weighted by molar-refractivity contribution is -0.147. The van der Waals surface area contributed by atoms with Crippen LogP contribution < -0.4 is 0 Å². The molecule has 1 atom stereocenters. The van der Waals surface area contributed by atoms with Crippen molar-refractivity contribution in [3.05, 3.63) is 27.2 Å². The number of rotatable bonds is 2. The van der Waals surface area contributed by atoms with Crippen molar-refractivity contribution in [2.24, 2.45) is 0 Å². The fraction of sp³-hybridized carbons (Fsp3) is 0.417. The van der Waals surface area contributed by atoms with E-state index in [1.807, 2.05) is 6.07 Å². The van der Waals surface area contributed by atoms with Crippen LogP contribution in [0.3, 0.4) is 0 Å². The second-order valence-electron chi connectivity index (χ2n) is 4.21. The summed E-state index contributed by atoms with van der Waals surface area (Å²) in [5.41, 5.74) is 1.93. The zero-order valence-corrected chi connectivity index (χ0v) is 10.7. The van der Waals surface area contributed by atoms with E-state index < -0.39 is 12.1 Å². The highest BCUT2D eigenvalue weighted by Gasteiger charge is 2.27. The van der Waals surface area contributed by atoms with Gasteiger partial charge < -0.3 is 15.3 Å². The minimum absolute atomic E-state index is 0.140. The second-order valence-corrected chi connectivity index (χ2v) is 5.06. The highest BCUT2D eigenvalue weighted by atomic mass is 79.9. The van der Waals surface area contributed by atoms with Crippen LogP contribution in [0.4, 0.5) is 0 Å². The SMILES string of the molecule is O=C(O)C(O)c1c(O)c(Br)cc2c1CCCC2. The molecule has 17 heavy (non-hydrogen) atoms. The fourth-order valence-corrected chi connectivity index (χ4v) is 2.80. The fourth-order valence-electron chi connectivity index (χ4n) is 2.31. The van der Waals surface area contributed by atoms with Crippen molar-refractivity contribution in [1.29, 1.82) is 0 Å². The molecule has 0 spiro atoms. The van der Waals surface area contributed by atoms with E-state index in [0.717, 1.165) is 30.4 Å². The van der Waals surface area contributed by atoms with Crippen LogP contribution in [0.15, 0.2) is 10.5 Å². The third kappa shape index (κ3) is 2.17. The minimum Gasteiger partial charge on any atom is -0.506 e. The first-order valence-corrected chi connectivity index (χ1v) is 6.25. The summed E-state index contributed by atoms with van der Waals surface area (Å²) in [6.45, 7) is 0. The number of aryl methyl sites for hydroxylation is 1. The summed E-state index contributed by atoms with van der Waals surface area (Å²) in [6, 6.07) is 1.81. The number of phenolic OH excluding ortho intramolecular Hbond substituents is 1. The third-order valence-corrected chi connectivity index (χ3v) is 3.73. The summed E-state index contributed by atoms with van der Waals surface area (Å²) in [5, 5.41) is 28.5. The summed E-state index contributed by atoms with van der Waals surface area (Å²) in [4.78, 5) is 10.9. The Hall–Kier alpha value is -1.07. The lowest BCUT2D eigenvalue weighted by Gasteiger charge is -2.22. The Labute approximate surface area is 107 Å². The maximum Gasteiger partial charge on any atom is 0.337 e. The van der Waals surface area contributed by atoms with Crippen molar-refractivity contribution in [2.75, 3.05) is 0 Å². The normalized spacial score (nSPS) is 16.4. The highest BCUT2D eigenvalue weighted by molar-refractivity contribution is 9.10. The molecule has 0 radical (unpaired) electrons.